The standard InChI is InChI=1S/C20H18FN.C13H16/c1-2-3-4-5-16-6-8-17(9-7-16)10-11-18-12-13-19(15-22)20(21)14-18;1-3-5-6-7-13-10-8-12(4-2)9-11-13/h6-9,12-14H,2-5H2,1H3;2,8-11H,3,5-7H2,1H3. The molecule has 0 saturated heterocycles. The van der Waals surface area contributed by atoms with Crippen molar-refractivity contribution in [1.29, 1.82) is 5.26 Å². The van der Waals surface area contributed by atoms with Crippen molar-refractivity contribution in [3.05, 3.63) is 106 Å². The summed E-state index contributed by atoms with van der Waals surface area (Å²) in [6.07, 6.45) is 15.1. The van der Waals surface area contributed by atoms with E-state index in [1.807, 2.05) is 24.3 Å². The van der Waals surface area contributed by atoms with E-state index >= 15 is 0 Å². The van der Waals surface area contributed by atoms with E-state index in [-0.39, 0.29) is 5.56 Å². The Morgan fingerprint density at radius 1 is 0.686 bits per heavy atom. The molecule has 0 aromatic heterocycles. The second kappa shape index (κ2) is 15.9. The average molecular weight is 464 g/mol. The van der Waals surface area contributed by atoms with Crippen LogP contribution in [0, 0.1) is 41.3 Å². The van der Waals surface area contributed by atoms with Gasteiger partial charge in [0.1, 0.15) is 11.9 Å². The van der Waals surface area contributed by atoms with Crippen molar-refractivity contribution in [2.24, 2.45) is 0 Å². The fourth-order valence-electron chi connectivity index (χ4n) is 3.51. The van der Waals surface area contributed by atoms with Crippen molar-refractivity contribution in [2.75, 3.05) is 0 Å². The molecule has 0 fully saturated rings. The Hall–Kier alpha value is -3.80. The molecular weight excluding hydrogens is 429 g/mol. The maximum Gasteiger partial charge on any atom is 0.142 e. The molecule has 0 atom stereocenters. The minimum atomic E-state index is -0.527. The van der Waals surface area contributed by atoms with Crippen LogP contribution in [-0.2, 0) is 12.8 Å². The van der Waals surface area contributed by atoms with Crippen LogP contribution < -0.4 is 0 Å². The molecule has 35 heavy (non-hydrogen) atoms. The second-order valence-electron chi connectivity index (χ2n) is 8.51. The van der Waals surface area contributed by atoms with Crippen molar-refractivity contribution in [3.8, 4) is 30.3 Å². The van der Waals surface area contributed by atoms with E-state index in [2.05, 4.69) is 55.9 Å². The zero-order valence-corrected chi connectivity index (χ0v) is 20.9. The SMILES string of the molecule is C#Cc1ccc(CCCCC)cc1.CCCCCc1ccc(C#Cc2ccc(C#N)c(F)c2)cc1. The van der Waals surface area contributed by atoms with Crippen molar-refractivity contribution >= 4 is 0 Å². The summed E-state index contributed by atoms with van der Waals surface area (Å²) in [6, 6.07) is 22.7. The Labute approximate surface area is 211 Å². The number of rotatable bonds is 8. The Balaban J connectivity index is 0.000000283. The first kappa shape index (κ1) is 27.4. The third-order valence-corrected chi connectivity index (χ3v) is 5.65. The molecule has 0 bridgehead atoms. The Morgan fingerprint density at radius 2 is 1.17 bits per heavy atom. The minimum absolute atomic E-state index is 0.0435. The van der Waals surface area contributed by atoms with E-state index in [4.69, 9.17) is 11.7 Å². The summed E-state index contributed by atoms with van der Waals surface area (Å²) < 4.78 is 13.5. The largest absolute Gasteiger partial charge is 0.206 e. The van der Waals surface area contributed by atoms with E-state index in [1.54, 1.807) is 12.1 Å². The molecule has 0 aliphatic heterocycles. The van der Waals surface area contributed by atoms with Gasteiger partial charge in [-0.15, -0.1) is 6.42 Å². The summed E-state index contributed by atoms with van der Waals surface area (Å²) in [6.45, 7) is 4.42. The number of terminal acetylenes is 1. The maximum absolute atomic E-state index is 13.5. The highest BCUT2D eigenvalue weighted by Crippen LogP contribution is 2.11. The number of halogens is 1. The number of hydrogen-bond acceptors (Lipinski definition) is 1. The Morgan fingerprint density at radius 3 is 1.63 bits per heavy atom. The Kier molecular flexibility index (Phi) is 12.5. The second-order valence-corrected chi connectivity index (χ2v) is 8.51. The van der Waals surface area contributed by atoms with Crippen LogP contribution in [0.5, 0.6) is 0 Å². The third-order valence-electron chi connectivity index (χ3n) is 5.65. The molecule has 178 valence electrons. The first-order valence-electron chi connectivity index (χ1n) is 12.5. The van der Waals surface area contributed by atoms with Crippen molar-refractivity contribution in [2.45, 2.75) is 65.2 Å². The van der Waals surface area contributed by atoms with E-state index in [9.17, 15) is 4.39 Å². The zero-order chi connectivity index (χ0) is 25.3. The van der Waals surface area contributed by atoms with Gasteiger partial charge in [0.05, 0.1) is 5.56 Å². The molecule has 0 unspecified atom stereocenters. The van der Waals surface area contributed by atoms with Gasteiger partial charge in [-0.05, 0) is 79.3 Å². The minimum Gasteiger partial charge on any atom is -0.206 e. The van der Waals surface area contributed by atoms with Crippen LogP contribution >= 0.6 is 0 Å². The number of aryl methyl sites for hydroxylation is 2. The fraction of sp³-hybridized carbons (Fsp3) is 0.303. The van der Waals surface area contributed by atoms with Gasteiger partial charge in [-0.2, -0.15) is 5.26 Å². The number of nitrogens with zero attached hydrogens (tertiary/aromatic N) is 1. The van der Waals surface area contributed by atoms with Crippen molar-refractivity contribution in [3.63, 3.8) is 0 Å². The topological polar surface area (TPSA) is 23.8 Å². The van der Waals surface area contributed by atoms with E-state index in [0.717, 1.165) is 17.5 Å². The molecule has 3 aromatic rings. The number of hydrogen-bond donors (Lipinski definition) is 0. The zero-order valence-electron chi connectivity index (χ0n) is 20.9. The monoisotopic (exact) mass is 463 g/mol. The molecule has 0 heterocycles. The van der Waals surface area contributed by atoms with Gasteiger partial charge in [0.15, 0.2) is 0 Å². The molecule has 0 aliphatic rings. The van der Waals surface area contributed by atoms with Crippen molar-refractivity contribution < 1.29 is 4.39 Å². The summed E-state index contributed by atoms with van der Waals surface area (Å²) >= 11 is 0. The molecule has 3 aromatic carbocycles. The van der Waals surface area contributed by atoms with Crippen LogP contribution in [0.25, 0.3) is 0 Å². The Bertz CT molecular complexity index is 1180. The summed E-state index contributed by atoms with van der Waals surface area (Å²) in [4.78, 5) is 0. The molecule has 0 saturated carbocycles. The van der Waals surface area contributed by atoms with Gasteiger partial charge >= 0.3 is 0 Å². The molecule has 0 spiro atoms. The van der Waals surface area contributed by atoms with Crippen molar-refractivity contribution in [1.82, 2.24) is 0 Å². The number of nitriles is 1. The van der Waals surface area contributed by atoms with Crippen LogP contribution in [0.15, 0.2) is 66.7 Å². The molecular formula is C33H34FN. The average Bonchev–Trinajstić information content (AvgIpc) is 2.89. The van der Waals surface area contributed by atoms with Crippen LogP contribution in [0.2, 0.25) is 0 Å². The number of benzene rings is 3. The summed E-state index contributed by atoms with van der Waals surface area (Å²) in [5.74, 6) is 8.04. The van der Waals surface area contributed by atoms with Crippen LogP contribution in [-0.4, -0.2) is 0 Å². The van der Waals surface area contributed by atoms with Gasteiger partial charge in [0.2, 0.25) is 0 Å². The highest BCUT2D eigenvalue weighted by atomic mass is 19.1. The number of unbranched alkanes of at least 4 members (excludes halogenated alkanes) is 4. The highest BCUT2D eigenvalue weighted by Gasteiger charge is 2.00. The van der Waals surface area contributed by atoms with Gasteiger partial charge in [0.25, 0.3) is 0 Å². The van der Waals surface area contributed by atoms with Gasteiger partial charge in [0, 0.05) is 16.7 Å². The third kappa shape index (κ3) is 10.3. The van der Waals surface area contributed by atoms with Crippen LogP contribution in [0.1, 0.15) is 85.8 Å². The van der Waals surface area contributed by atoms with E-state index < -0.39 is 5.82 Å². The predicted molar refractivity (Wildman–Crippen MR) is 144 cm³/mol. The van der Waals surface area contributed by atoms with Gasteiger partial charge in [-0.1, -0.05) is 81.6 Å². The first-order valence-corrected chi connectivity index (χ1v) is 12.5. The van der Waals surface area contributed by atoms with Gasteiger partial charge in [-0.3, -0.25) is 0 Å². The predicted octanol–water partition coefficient (Wildman–Crippen LogP) is 8.23. The molecule has 0 radical (unpaired) electrons. The van der Waals surface area contributed by atoms with Gasteiger partial charge < -0.3 is 0 Å². The molecule has 1 nitrogen and oxygen atoms in total. The molecule has 0 amide bonds. The van der Waals surface area contributed by atoms with Gasteiger partial charge in [-0.25, -0.2) is 4.39 Å². The van der Waals surface area contributed by atoms with Crippen LogP contribution in [0.4, 0.5) is 4.39 Å². The molecule has 0 N–H and O–H groups in total. The molecule has 3 rings (SSSR count). The smallest absolute Gasteiger partial charge is 0.142 e. The summed E-state index contributed by atoms with van der Waals surface area (Å²) in [5.41, 5.74) is 5.21. The van der Waals surface area contributed by atoms with E-state index in [1.165, 1.54) is 68.2 Å². The van der Waals surface area contributed by atoms with Crippen LogP contribution in [0.3, 0.4) is 0 Å². The molecule has 0 aliphatic carbocycles. The fourth-order valence-corrected chi connectivity index (χ4v) is 3.51. The lowest BCUT2D eigenvalue weighted by molar-refractivity contribution is 0.623. The lowest BCUT2D eigenvalue weighted by atomic mass is 10.1. The lowest BCUT2D eigenvalue weighted by Crippen LogP contribution is -1.86. The highest BCUT2D eigenvalue weighted by molar-refractivity contribution is 5.46. The summed E-state index contributed by atoms with van der Waals surface area (Å²) in [5, 5.41) is 8.69. The van der Waals surface area contributed by atoms with E-state index in [0.29, 0.717) is 5.56 Å². The first-order chi connectivity index (χ1) is 17.1. The molecule has 2 heteroatoms. The summed E-state index contributed by atoms with van der Waals surface area (Å²) in [7, 11) is 0. The lowest BCUT2D eigenvalue weighted by Gasteiger charge is -2.00. The quantitative estimate of drug-likeness (QED) is 0.244. The maximum atomic E-state index is 13.5. The normalized spacial score (nSPS) is 9.63.